The van der Waals surface area contributed by atoms with Crippen molar-refractivity contribution >= 4 is 80.9 Å². The number of hydrogen-bond acceptors (Lipinski definition) is 14. The molecule has 4 fully saturated rings. The summed E-state index contributed by atoms with van der Waals surface area (Å²) in [5.74, 6) is -0.843. The van der Waals surface area contributed by atoms with Crippen molar-refractivity contribution in [2.45, 2.75) is 119 Å². The highest BCUT2D eigenvalue weighted by molar-refractivity contribution is 6.02. The van der Waals surface area contributed by atoms with Gasteiger partial charge in [0.15, 0.2) is 6.04 Å². The summed E-state index contributed by atoms with van der Waals surface area (Å²) in [6.45, 7) is 2.09. The van der Waals surface area contributed by atoms with Gasteiger partial charge in [-0.3, -0.25) is 19.6 Å². The quantitative estimate of drug-likeness (QED) is 0.0418. The van der Waals surface area contributed by atoms with Gasteiger partial charge in [0, 0.05) is 49.3 Å². The maximum Gasteiger partial charge on any atom is 0.407 e. The molecule has 0 bridgehead atoms. The Balaban J connectivity index is 0.000000168. The molecular formula is C89H85F3N12O10. The van der Waals surface area contributed by atoms with E-state index in [0.717, 1.165) is 118 Å². The second-order valence-electron chi connectivity index (χ2n) is 29.3. The number of nitrogens with one attached hydrogen (secondary N) is 6. The van der Waals surface area contributed by atoms with Crippen LogP contribution in [-0.4, -0.2) is 135 Å². The van der Waals surface area contributed by atoms with Crippen LogP contribution in [0.5, 0.6) is 0 Å². The number of amides is 5. The molecule has 5 amide bonds. The van der Waals surface area contributed by atoms with E-state index in [1.54, 1.807) is 9.80 Å². The summed E-state index contributed by atoms with van der Waals surface area (Å²) in [5, 5.41) is 19.8. The maximum atomic E-state index is 14.0. The van der Waals surface area contributed by atoms with Crippen molar-refractivity contribution in [2.75, 3.05) is 41.0 Å². The van der Waals surface area contributed by atoms with Crippen LogP contribution in [0.1, 0.15) is 134 Å². The topological polar surface area (TPSA) is 287 Å². The zero-order chi connectivity index (χ0) is 79.1. The zero-order valence-electron chi connectivity index (χ0n) is 63.1. The third kappa shape index (κ3) is 17.0. The van der Waals surface area contributed by atoms with Crippen molar-refractivity contribution in [3.63, 3.8) is 0 Å². The van der Waals surface area contributed by atoms with Crippen LogP contribution in [0.4, 0.5) is 38.9 Å². The van der Waals surface area contributed by atoms with Crippen molar-refractivity contribution < 1.29 is 61.3 Å². The van der Waals surface area contributed by atoms with Gasteiger partial charge < -0.3 is 60.4 Å². The van der Waals surface area contributed by atoms with E-state index < -0.39 is 59.8 Å². The fraction of sp³-hybridized carbons (Fsp3) is 0.281. The summed E-state index contributed by atoms with van der Waals surface area (Å²) in [5.41, 5.74) is 20.6. The van der Waals surface area contributed by atoms with Gasteiger partial charge in [0.2, 0.25) is 5.91 Å². The van der Waals surface area contributed by atoms with Crippen LogP contribution in [-0.2, 0) is 41.4 Å². The number of rotatable bonds is 17. The Labute approximate surface area is 655 Å². The summed E-state index contributed by atoms with van der Waals surface area (Å²) < 4.78 is 54.0. The second kappa shape index (κ2) is 34.1. The van der Waals surface area contributed by atoms with Gasteiger partial charge in [0.25, 0.3) is 5.91 Å². The molecule has 3 saturated heterocycles. The molecule has 11 aromatic rings. The number of carboxylic acid groups (broad SMARTS) is 1. The highest BCUT2D eigenvalue weighted by atomic mass is 19.1. The molecular weight excluding hydrogens is 1450 g/mol. The third-order valence-corrected chi connectivity index (χ3v) is 22.2. The first-order chi connectivity index (χ1) is 55.4. The number of benzene rings is 9. The van der Waals surface area contributed by atoms with Gasteiger partial charge in [-0.1, -0.05) is 122 Å². The Morgan fingerprint density at radius 1 is 0.430 bits per heavy atom. The molecule has 582 valence electrons. The van der Waals surface area contributed by atoms with Crippen LogP contribution in [0.3, 0.4) is 0 Å². The molecule has 17 rings (SSSR count). The third-order valence-electron chi connectivity index (χ3n) is 22.2. The normalized spacial score (nSPS) is 17.6. The number of fused-ring (bicyclic) bond motifs is 4. The number of aromatic amines is 2. The number of methoxy groups -OCH3 is 3. The van der Waals surface area contributed by atoms with Crippen LogP contribution < -0.4 is 21.3 Å². The summed E-state index contributed by atoms with van der Waals surface area (Å²) in [6.07, 6.45) is 9.78. The number of likely N-dealkylation sites (tertiary alicyclic amines) is 2. The minimum Gasteiger partial charge on any atom is -0.479 e. The number of ether oxygens (including phenoxy) is 3. The highest BCUT2D eigenvalue weighted by Crippen LogP contribution is 2.41. The van der Waals surface area contributed by atoms with Gasteiger partial charge in [-0.2, -0.15) is 0 Å². The van der Waals surface area contributed by atoms with Crippen molar-refractivity contribution in [1.29, 1.82) is 0 Å². The standard InChI is InChI=1S/C49H45F2N7O6.C30H30N4.C10H10FNO4/c1-63-48(61)55-43(30-11-17-35(50)18-12-30)46(59)57-23-3-5-41(57)40-27-34-25-32(15-21-37(34)52-40)28-7-9-29(10-8-28)33-16-22-38-39(26-33)54-45(53-38)42-6-4-24-58(42)47(60)44(56-49(62)64-2)31-13-19-36(51)20-14-31;1-2-5-21(4-1)30-33-27-14-12-23(17-29(27)34-30)20-9-7-19(8-10-20)22-11-13-25-24(16-22)18-28(32-25)26-6-3-15-31-26;1-16-10(15)12-8(9(13)14)6-2-4-7(11)5-3-6/h7-22,25-26,41-44H,3-6,23-24,27H2,1-2H3,(H,53,54)(H,55,61)(H,56,62);7-14,16-17,21,26,31H,1-6,15,18H2,(H,33,34);2-5,8H,1H3,(H,12,15)(H,13,14)/t41-,42-,43-,44-;26-;8-/m000/s1. The molecule has 7 N–H and O–H groups in total. The van der Waals surface area contributed by atoms with Crippen LogP contribution in [0, 0.1) is 17.5 Å². The first-order valence-corrected chi connectivity index (χ1v) is 38.4. The Morgan fingerprint density at radius 3 is 1.26 bits per heavy atom. The fourth-order valence-corrected chi connectivity index (χ4v) is 16.2. The van der Waals surface area contributed by atoms with E-state index in [0.29, 0.717) is 54.8 Å². The number of aliphatic carboxylic acids is 1. The lowest BCUT2D eigenvalue weighted by molar-refractivity contribution is -0.139. The lowest BCUT2D eigenvalue weighted by Crippen LogP contribution is -2.47. The molecule has 1 aliphatic carbocycles. The molecule has 0 unspecified atom stereocenters. The number of carboxylic acids is 1. The molecule has 0 radical (unpaired) electrons. The minimum atomic E-state index is -1.26. The summed E-state index contributed by atoms with van der Waals surface area (Å²) >= 11 is 0. The molecule has 25 heteroatoms. The summed E-state index contributed by atoms with van der Waals surface area (Å²) in [7, 11) is 3.58. The number of aromatic nitrogens is 4. The van der Waals surface area contributed by atoms with E-state index >= 15 is 0 Å². The number of imidazole rings is 2. The highest BCUT2D eigenvalue weighted by Gasteiger charge is 2.40. The number of halogens is 3. The van der Waals surface area contributed by atoms with Crippen LogP contribution in [0.2, 0.25) is 0 Å². The molecule has 7 heterocycles. The lowest BCUT2D eigenvalue weighted by Gasteiger charge is -2.29. The van der Waals surface area contributed by atoms with Crippen LogP contribution in [0.15, 0.2) is 204 Å². The lowest BCUT2D eigenvalue weighted by atomic mass is 9.96. The average Bonchev–Trinajstić information content (AvgIpc) is 1.64. The van der Waals surface area contributed by atoms with Gasteiger partial charge in [-0.25, -0.2) is 42.3 Å². The molecule has 114 heavy (non-hydrogen) atoms. The SMILES string of the molecule is COC(=O)N[C@H](C(=O)N1CCC[C@H]1C1=Nc2ccc(-c3ccc(-c4ccc5nc([C@@H]6CCCN6C(=O)[C@@H](NC(=O)OC)c6ccc(F)cc6)[nH]c5c4)cc3)cc2C1)c1ccc(F)cc1.COC(=O)N[C@H](C(=O)O)c1ccc(F)cc1.c1cc(-c2ccc3nc(C4CCCC4)[nH]c3c2)ccc1-c1ccc2c(c1)CC([C@@H]1CCCN1)=N2. The van der Waals surface area contributed by atoms with Gasteiger partial charge in [0.1, 0.15) is 41.2 Å². The van der Waals surface area contributed by atoms with Gasteiger partial charge >= 0.3 is 24.2 Å². The van der Waals surface area contributed by atoms with Gasteiger partial charge in [-0.05, 0) is 215 Å². The van der Waals surface area contributed by atoms with E-state index in [1.807, 2.05) is 30.3 Å². The summed E-state index contributed by atoms with van der Waals surface area (Å²) in [6, 6.07) is 55.1. The predicted octanol–water partition coefficient (Wildman–Crippen LogP) is 16.9. The van der Waals surface area contributed by atoms with E-state index in [4.69, 9.17) is 34.5 Å². The van der Waals surface area contributed by atoms with Crippen LogP contribution >= 0.6 is 0 Å². The first kappa shape index (κ1) is 76.6. The first-order valence-electron chi connectivity index (χ1n) is 38.4. The Morgan fingerprint density at radius 2 is 0.816 bits per heavy atom. The predicted molar refractivity (Wildman–Crippen MR) is 428 cm³/mol. The van der Waals surface area contributed by atoms with Crippen LogP contribution in [0.25, 0.3) is 66.6 Å². The summed E-state index contributed by atoms with van der Waals surface area (Å²) in [4.78, 5) is 104. The number of aliphatic imine (C=N–C) groups is 2. The molecule has 22 nitrogen and oxygen atoms in total. The number of alkyl carbamates (subject to hydrolysis) is 3. The van der Waals surface area contributed by atoms with Crippen molar-refractivity contribution in [1.82, 2.24) is 51.0 Å². The molecule has 5 aliphatic heterocycles. The number of carbonyl (C=O) groups is 6. The zero-order valence-corrected chi connectivity index (χ0v) is 63.1. The van der Waals surface area contributed by atoms with E-state index in [-0.39, 0.29) is 29.5 Å². The van der Waals surface area contributed by atoms with E-state index in [9.17, 15) is 41.9 Å². The minimum absolute atomic E-state index is 0.247. The number of nitrogens with zero attached hydrogens (tertiary/aromatic N) is 6. The largest absolute Gasteiger partial charge is 0.479 e. The molecule has 0 spiro atoms. The van der Waals surface area contributed by atoms with Crippen molar-refractivity contribution in [3.05, 3.63) is 251 Å². The van der Waals surface area contributed by atoms with Gasteiger partial charge in [0.05, 0.1) is 66.9 Å². The number of carbonyl (C=O) groups excluding carboxylic acids is 5. The Kier molecular flexibility index (Phi) is 22.9. The van der Waals surface area contributed by atoms with E-state index in [2.05, 4.69) is 127 Å². The Bertz CT molecular complexity index is 5470. The molecule has 1 saturated carbocycles. The molecule has 2 aromatic heterocycles. The number of hydrogen-bond donors (Lipinski definition) is 7. The van der Waals surface area contributed by atoms with Crippen molar-refractivity contribution in [2.24, 2.45) is 9.98 Å². The average molecular weight is 1540 g/mol. The molecule has 6 atom stereocenters. The van der Waals surface area contributed by atoms with E-state index in [1.165, 1.54) is 153 Å². The number of H-pyrrole nitrogens is 2. The fourth-order valence-electron chi connectivity index (χ4n) is 16.2. The monoisotopic (exact) mass is 1540 g/mol. The molecule has 9 aromatic carbocycles. The second-order valence-corrected chi connectivity index (χ2v) is 29.3. The van der Waals surface area contributed by atoms with Crippen molar-refractivity contribution in [3.8, 4) is 44.5 Å². The maximum absolute atomic E-state index is 14.0. The van der Waals surface area contributed by atoms with Gasteiger partial charge in [-0.15, -0.1) is 0 Å². The molecule has 6 aliphatic rings. The smallest absolute Gasteiger partial charge is 0.407 e. The Hall–Kier alpha value is -12.8.